The van der Waals surface area contributed by atoms with Crippen molar-refractivity contribution < 1.29 is 0 Å². The topological polar surface area (TPSA) is 35.8 Å². The maximum absolute atomic E-state index is 8.48. The average Bonchev–Trinajstić information content (AvgIpc) is 2.88. The van der Waals surface area contributed by atoms with Crippen LogP contribution in [0.15, 0.2) is 17.5 Å². The minimum atomic E-state index is 0.503. The van der Waals surface area contributed by atoms with Gasteiger partial charge in [-0.05, 0) is 30.2 Å². The second kappa shape index (κ2) is 4.59. The molecule has 1 aromatic heterocycles. The molecule has 3 heteroatoms. The molecule has 2 rings (SSSR count). The van der Waals surface area contributed by atoms with Gasteiger partial charge in [0.1, 0.15) is 0 Å². The van der Waals surface area contributed by atoms with Crippen molar-refractivity contribution in [2.75, 3.05) is 6.54 Å². The van der Waals surface area contributed by atoms with E-state index in [9.17, 15) is 0 Å². The molecule has 0 saturated heterocycles. The van der Waals surface area contributed by atoms with E-state index in [-0.39, 0.29) is 0 Å². The van der Waals surface area contributed by atoms with Crippen LogP contribution in [0, 0.1) is 17.2 Å². The molecule has 1 atom stereocenters. The van der Waals surface area contributed by atoms with Crippen LogP contribution in [0.2, 0.25) is 0 Å². The Morgan fingerprint density at radius 2 is 2.50 bits per heavy atom. The fraction of sp³-hybridized carbons (Fsp3) is 0.545. The number of hydrogen-bond acceptors (Lipinski definition) is 3. The second-order valence-electron chi connectivity index (χ2n) is 3.69. The normalized spacial score (nSPS) is 17.6. The van der Waals surface area contributed by atoms with Gasteiger partial charge < -0.3 is 5.32 Å². The zero-order valence-corrected chi connectivity index (χ0v) is 8.89. The minimum Gasteiger partial charge on any atom is -0.308 e. The van der Waals surface area contributed by atoms with Crippen LogP contribution in [0.5, 0.6) is 0 Å². The predicted molar refractivity (Wildman–Crippen MR) is 58.0 cm³/mol. The van der Waals surface area contributed by atoms with Gasteiger partial charge in [-0.3, -0.25) is 0 Å². The number of hydrogen-bond donors (Lipinski definition) is 1. The van der Waals surface area contributed by atoms with Crippen molar-refractivity contribution >= 4 is 11.3 Å². The molecule has 1 heterocycles. The Hall–Kier alpha value is -0.850. The fourth-order valence-electron chi connectivity index (χ4n) is 1.68. The summed E-state index contributed by atoms with van der Waals surface area (Å²) >= 11 is 1.81. The van der Waals surface area contributed by atoms with Gasteiger partial charge in [-0.2, -0.15) is 5.26 Å². The summed E-state index contributed by atoms with van der Waals surface area (Å²) in [6, 6.07) is 6.96. The van der Waals surface area contributed by atoms with Crippen LogP contribution in [0.1, 0.15) is 30.2 Å². The zero-order chi connectivity index (χ0) is 9.80. The van der Waals surface area contributed by atoms with E-state index in [1.807, 2.05) is 11.3 Å². The molecular formula is C11H14N2S. The Bertz CT molecular complexity index is 309. The van der Waals surface area contributed by atoms with Crippen molar-refractivity contribution in [1.82, 2.24) is 5.32 Å². The number of nitrogens with one attached hydrogen (secondary N) is 1. The zero-order valence-electron chi connectivity index (χ0n) is 8.07. The van der Waals surface area contributed by atoms with Crippen molar-refractivity contribution in [2.45, 2.75) is 25.3 Å². The van der Waals surface area contributed by atoms with Gasteiger partial charge in [0.2, 0.25) is 0 Å². The van der Waals surface area contributed by atoms with Crippen molar-refractivity contribution in [3.05, 3.63) is 22.4 Å². The first-order chi connectivity index (χ1) is 6.92. The third kappa shape index (κ3) is 2.34. The number of rotatable bonds is 5. The number of nitrogens with zero attached hydrogens (tertiary/aromatic N) is 1. The highest BCUT2D eigenvalue weighted by Crippen LogP contribution is 2.42. The Balaban J connectivity index is 1.92. The summed E-state index contributed by atoms with van der Waals surface area (Å²) in [6.45, 7) is 0.815. The molecular weight excluding hydrogens is 192 g/mol. The Morgan fingerprint density at radius 1 is 1.64 bits per heavy atom. The quantitative estimate of drug-likeness (QED) is 0.752. The lowest BCUT2D eigenvalue weighted by Crippen LogP contribution is -2.23. The SMILES string of the molecule is N#CCCNC(c1cccs1)C1CC1. The van der Waals surface area contributed by atoms with Crippen molar-refractivity contribution in [3.63, 3.8) is 0 Å². The largest absolute Gasteiger partial charge is 0.308 e. The molecule has 0 aromatic carbocycles. The van der Waals surface area contributed by atoms with E-state index in [1.54, 1.807) is 0 Å². The van der Waals surface area contributed by atoms with Crippen LogP contribution >= 0.6 is 11.3 Å². The van der Waals surface area contributed by atoms with Crippen LogP contribution < -0.4 is 5.32 Å². The van der Waals surface area contributed by atoms with E-state index in [0.717, 1.165) is 12.5 Å². The van der Waals surface area contributed by atoms with E-state index in [2.05, 4.69) is 28.9 Å². The molecule has 0 bridgehead atoms. The molecule has 0 aliphatic heterocycles. The highest BCUT2D eigenvalue weighted by Gasteiger charge is 2.32. The Morgan fingerprint density at radius 3 is 3.07 bits per heavy atom. The van der Waals surface area contributed by atoms with E-state index < -0.39 is 0 Å². The molecule has 1 saturated carbocycles. The van der Waals surface area contributed by atoms with Gasteiger partial charge in [0.25, 0.3) is 0 Å². The van der Waals surface area contributed by atoms with Crippen LogP contribution in [0.25, 0.3) is 0 Å². The molecule has 1 aliphatic rings. The van der Waals surface area contributed by atoms with Gasteiger partial charge in [-0.15, -0.1) is 11.3 Å². The summed E-state index contributed by atoms with van der Waals surface area (Å²) in [4.78, 5) is 1.42. The standard InChI is InChI=1S/C11H14N2S/c12-6-2-7-13-11(9-4-5-9)10-3-1-8-14-10/h1,3,8-9,11,13H,2,4-5,7H2. The Labute approximate surface area is 88.6 Å². The highest BCUT2D eigenvalue weighted by atomic mass is 32.1. The highest BCUT2D eigenvalue weighted by molar-refractivity contribution is 7.10. The smallest absolute Gasteiger partial charge is 0.0635 e. The molecule has 14 heavy (non-hydrogen) atoms. The van der Waals surface area contributed by atoms with Gasteiger partial charge in [0.05, 0.1) is 6.07 Å². The van der Waals surface area contributed by atoms with Gasteiger partial charge in [-0.1, -0.05) is 6.07 Å². The molecule has 0 spiro atoms. The van der Waals surface area contributed by atoms with E-state index in [4.69, 9.17) is 5.26 Å². The summed E-state index contributed by atoms with van der Waals surface area (Å²) < 4.78 is 0. The van der Waals surface area contributed by atoms with E-state index in [1.165, 1.54) is 17.7 Å². The predicted octanol–water partition coefficient (Wildman–Crippen LogP) is 2.70. The lowest BCUT2D eigenvalue weighted by Gasteiger charge is -2.15. The lowest BCUT2D eigenvalue weighted by molar-refractivity contribution is 0.495. The van der Waals surface area contributed by atoms with Crippen LogP contribution in [-0.4, -0.2) is 6.54 Å². The molecule has 2 nitrogen and oxygen atoms in total. The van der Waals surface area contributed by atoms with Gasteiger partial charge >= 0.3 is 0 Å². The third-order valence-corrected chi connectivity index (χ3v) is 3.50. The Kier molecular flexibility index (Phi) is 3.18. The molecule has 1 aromatic rings. The third-order valence-electron chi connectivity index (χ3n) is 2.54. The van der Waals surface area contributed by atoms with Crippen LogP contribution in [0.4, 0.5) is 0 Å². The van der Waals surface area contributed by atoms with Gasteiger partial charge in [0.15, 0.2) is 0 Å². The summed E-state index contributed by atoms with van der Waals surface area (Å²) in [5.41, 5.74) is 0. The second-order valence-corrected chi connectivity index (χ2v) is 4.67. The maximum atomic E-state index is 8.48. The minimum absolute atomic E-state index is 0.503. The molecule has 1 N–H and O–H groups in total. The number of nitriles is 1. The summed E-state index contributed by atoms with van der Waals surface area (Å²) in [5, 5.41) is 14.1. The first-order valence-electron chi connectivity index (χ1n) is 5.05. The number of thiophene rings is 1. The first-order valence-corrected chi connectivity index (χ1v) is 5.93. The monoisotopic (exact) mass is 206 g/mol. The van der Waals surface area contributed by atoms with Crippen LogP contribution in [-0.2, 0) is 0 Å². The lowest BCUT2D eigenvalue weighted by atomic mass is 10.1. The van der Waals surface area contributed by atoms with Gasteiger partial charge in [0, 0.05) is 23.9 Å². The molecule has 1 unspecified atom stereocenters. The summed E-state index contributed by atoms with van der Waals surface area (Å²) in [7, 11) is 0. The fourth-order valence-corrected chi connectivity index (χ4v) is 2.57. The molecule has 1 fully saturated rings. The van der Waals surface area contributed by atoms with E-state index >= 15 is 0 Å². The molecule has 0 radical (unpaired) electrons. The average molecular weight is 206 g/mol. The van der Waals surface area contributed by atoms with Crippen molar-refractivity contribution in [2.24, 2.45) is 5.92 Å². The molecule has 0 amide bonds. The van der Waals surface area contributed by atoms with Crippen molar-refractivity contribution in [1.29, 1.82) is 5.26 Å². The van der Waals surface area contributed by atoms with E-state index in [0.29, 0.717) is 12.5 Å². The summed E-state index contributed by atoms with van der Waals surface area (Å²) in [5.74, 6) is 0.812. The first kappa shape index (κ1) is 9.70. The van der Waals surface area contributed by atoms with Crippen molar-refractivity contribution in [3.8, 4) is 6.07 Å². The maximum Gasteiger partial charge on any atom is 0.0635 e. The molecule has 74 valence electrons. The van der Waals surface area contributed by atoms with Gasteiger partial charge in [-0.25, -0.2) is 0 Å². The summed E-state index contributed by atoms with van der Waals surface area (Å²) in [6.07, 6.45) is 3.28. The molecule has 1 aliphatic carbocycles. The van der Waals surface area contributed by atoms with Crippen LogP contribution in [0.3, 0.4) is 0 Å².